The van der Waals surface area contributed by atoms with Gasteiger partial charge >= 0.3 is 26.2 Å². The van der Waals surface area contributed by atoms with Gasteiger partial charge in [0, 0.05) is 33.9 Å². The Kier molecular flexibility index (Phi) is 18.7. The minimum absolute atomic E-state index is 0. The van der Waals surface area contributed by atoms with Crippen LogP contribution >= 0.6 is 36.7 Å². The van der Waals surface area contributed by atoms with Crippen LogP contribution in [-0.2, 0) is 14.4 Å². The molecular weight excluding hydrogens is 714 g/mol. The zero-order valence-electron chi connectivity index (χ0n) is 21.2. The topological polar surface area (TPSA) is 51.2 Å². The van der Waals surface area contributed by atoms with Gasteiger partial charge in [0.2, 0.25) is 0 Å². The quantitative estimate of drug-likeness (QED) is 0.137. The van der Waals surface area contributed by atoms with E-state index >= 15 is 0 Å². The van der Waals surface area contributed by atoms with Crippen LogP contribution in [0.15, 0.2) is 91.0 Å². The van der Waals surface area contributed by atoms with Crippen molar-refractivity contribution in [2.24, 2.45) is 0 Å². The predicted molar refractivity (Wildman–Crippen MR) is 166 cm³/mol. The number of carbonyl (C=O) groups is 3. The average molecular weight is 744 g/mol. The molecule has 0 saturated carbocycles. The Balaban J connectivity index is 0.000000518. The fourth-order valence-electron chi connectivity index (χ4n) is 2.86. The average Bonchev–Trinajstić information content (AvgIpc) is 2.85. The molecule has 0 heterocycles. The van der Waals surface area contributed by atoms with Crippen LogP contribution in [0.3, 0.4) is 0 Å². The van der Waals surface area contributed by atoms with E-state index in [0.717, 1.165) is 31.3 Å². The largest absolute Gasteiger partial charge is 3.00 e. The molecule has 0 aromatic heterocycles. The van der Waals surface area contributed by atoms with Crippen molar-refractivity contribution in [3.63, 3.8) is 0 Å². The van der Waals surface area contributed by atoms with Crippen molar-refractivity contribution in [2.75, 3.05) is 0 Å². The number of rotatable bonds is 9. The summed E-state index contributed by atoms with van der Waals surface area (Å²) in [6, 6.07) is 28.8. The molecule has 37 heavy (non-hydrogen) atoms. The number of Topliss-reactive ketones (excluding diaryl/α,β-unsaturated/α-hetero) is 3. The molecule has 0 spiro atoms. The standard InChI is InChI=1S/3C10H10OS.Bi/c3*1-8(11)7-10(12)9-5-3-2-4-6-9;/h3*2-6H,7H2,1H3;/q;;;+3. The third-order valence-electron chi connectivity index (χ3n) is 4.52. The van der Waals surface area contributed by atoms with E-state index in [4.69, 9.17) is 36.7 Å². The van der Waals surface area contributed by atoms with Crippen molar-refractivity contribution in [3.8, 4) is 0 Å². The van der Waals surface area contributed by atoms with E-state index in [1.807, 2.05) is 91.0 Å². The molecule has 0 bridgehead atoms. The Labute approximate surface area is 255 Å². The summed E-state index contributed by atoms with van der Waals surface area (Å²) in [4.78, 5) is 34.4. The van der Waals surface area contributed by atoms with Gasteiger partial charge in [-0.15, -0.1) is 0 Å². The van der Waals surface area contributed by atoms with E-state index in [1.54, 1.807) is 20.8 Å². The first-order chi connectivity index (χ1) is 17.1. The van der Waals surface area contributed by atoms with Crippen molar-refractivity contribution in [2.45, 2.75) is 40.0 Å². The second-order valence-electron chi connectivity index (χ2n) is 8.00. The first-order valence-corrected chi connectivity index (χ1v) is 12.6. The van der Waals surface area contributed by atoms with Gasteiger partial charge in [0.1, 0.15) is 17.3 Å². The third kappa shape index (κ3) is 16.3. The zero-order valence-corrected chi connectivity index (χ0v) is 27.1. The normalized spacial score (nSPS) is 9.16. The molecule has 0 atom stereocenters. The van der Waals surface area contributed by atoms with Gasteiger partial charge in [0.25, 0.3) is 0 Å². The van der Waals surface area contributed by atoms with Crippen molar-refractivity contribution >= 4 is 94.8 Å². The van der Waals surface area contributed by atoms with Gasteiger partial charge in [-0.3, -0.25) is 14.4 Å². The number of benzene rings is 3. The Hall–Kier alpha value is -2.18. The van der Waals surface area contributed by atoms with E-state index in [-0.39, 0.29) is 43.6 Å². The number of hydrogen-bond donors (Lipinski definition) is 0. The molecule has 0 amide bonds. The molecule has 3 aromatic carbocycles. The van der Waals surface area contributed by atoms with E-state index < -0.39 is 0 Å². The predicted octanol–water partition coefficient (Wildman–Crippen LogP) is 6.77. The molecule has 0 aliphatic rings. The van der Waals surface area contributed by atoms with Crippen LogP contribution in [-0.4, -0.2) is 58.1 Å². The molecule has 0 unspecified atom stereocenters. The van der Waals surface area contributed by atoms with Gasteiger partial charge in [-0.05, 0) is 37.5 Å². The number of thiocarbonyl (C=S) groups is 3. The molecule has 2 radical (unpaired) electrons. The second-order valence-corrected chi connectivity index (χ2v) is 9.48. The van der Waals surface area contributed by atoms with Gasteiger partial charge in [-0.2, -0.15) is 0 Å². The summed E-state index contributed by atoms with van der Waals surface area (Å²) < 4.78 is 0. The molecule has 188 valence electrons. The maximum absolute atomic E-state index is 10.7. The molecule has 3 nitrogen and oxygen atoms in total. The summed E-state index contributed by atoms with van der Waals surface area (Å²) in [6.45, 7) is 4.65. The number of carbonyl (C=O) groups excluding carboxylic acids is 3. The van der Waals surface area contributed by atoms with Crippen LogP contribution in [0.1, 0.15) is 56.7 Å². The second kappa shape index (κ2) is 19.9. The molecule has 3 aromatic rings. The van der Waals surface area contributed by atoms with Crippen molar-refractivity contribution in [1.82, 2.24) is 0 Å². The van der Waals surface area contributed by atoms with Crippen LogP contribution in [0.4, 0.5) is 0 Å². The Morgan fingerprint density at radius 1 is 0.459 bits per heavy atom. The smallest absolute Gasteiger partial charge is 0.300 e. The van der Waals surface area contributed by atoms with Crippen molar-refractivity contribution < 1.29 is 14.4 Å². The summed E-state index contributed by atoms with van der Waals surface area (Å²) in [5.41, 5.74) is 2.92. The van der Waals surface area contributed by atoms with E-state index in [9.17, 15) is 14.4 Å². The van der Waals surface area contributed by atoms with Crippen molar-refractivity contribution in [3.05, 3.63) is 108 Å². The van der Waals surface area contributed by atoms with Gasteiger partial charge < -0.3 is 0 Å². The molecule has 0 fully saturated rings. The summed E-state index contributed by atoms with van der Waals surface area (Å²) >= 11 is 15.2. The van der Waals surface area contributed by atoms with E-state index in [1.165, 1.54) is 0 Å². The maximum atomic E-state index is 10.7. The van der Waals surface area contributed by atoms with E-state index in [0.29, 0.717) is 19.3 Å². The third-order valence-corrected chi connectivity index (χ3v) is 5.66. The van der Waals surface area contributed by atoms with Gasteiger partial charge in [0.15, 0.2) is 0 Å². The first-order valence-electron chi connectivity index (χ1n) is 11.3. The Bertz CT molecular complexity index is 1030. The van der Waals surface area contributed by atoms with Crippen LogP contribution in [0.5, 0.6) is 0 Å². The molecule has 0 N–H and O–H groups in total. The fourth-order valence-corrected chi connectivity index (χ4v) is 3.87. The van der Waals surface area contributed by atoms with E-state index in [2.05, 4.69) is 0 Å². The fraction of sp³-hybridized carbons (Fsp3) is 0.200. The van der Waals surface area contributed by atoms with Crippen LogP contribution < -0.4 is 0 Å². The SMILES string of the molecule is CC(=O)CC(=S)c1ccccc1.CC(=O)CC(=S)c1ccccc1.CC(=O)CC(=S)c1ccccc1.[Bi+3]. The molecule has 0 aliphatic heterocycles. The molecule has 7 heteroatoms. The first kappa shape index (κ1) is 34.8. The summed E-state index contributed by atoms with van der Waals surface area (Å²) in [6.07, 6.45) is 1.12. The molecule has 3 rings (SSSR count). The Morgan fingerprint density at radius 3 is 0.811 bits per heavy atom. The summed E-state index contributed by atoms with van der Waals surface area (Å²) in [5.74, 6) is 0.344. The summed E-state index contributed by atoms with van der Waals surface area (Å²) in [7, 11) is 0. The number of hydrogen-bond acceptors (Lipinski definition) is 6. The minimum Gasteiger partial charge on any atom is -0.300 e. The molecule has 0 aliphatic carbocycles. The van der Waals surface area contributed by atoms with Crippen LogP contribution in [0, 0.1) is 0 Å². The van der Waals surface area contributed by atoms with Gasteiger partial charge in [-0.25, -0.2) is 0 Å². The Morgan fingerprint density at radius 2 is 0.649 bits per heavy atom. The zero-order chi connectivity index (χ0) is 26.9. The minimum atomic E-state index is 0. The van der Waals surface area contributed by atoms with Gasteiger partial charge in [-0.1, -0.05) is 128 Å². The monoisotopic (exact) mass is 743 g/mol. The van der Waals surface area contributed by atoms with Crippen LogP contribution in [0.25, 0.3) is 0 Å². The molecule has 0 saturated heterocycles. The maximum Gasteiger partial charge on any atom is 3.00 e. The number of ketones is 3. The van der Waals surface area contributed by atoms with Crippen molar-refractivity contribution in [1.29, 1.82) is 0 Å². The van der Waals surface area contributed by atoms with Crippen LogP contribution in [0.2, 0.25) is 0 Å². The van der Waals surface area contributed by atoms with Gasteiger partial charge in [0.05, 0.1) is 0 Å². The molecular formula is C30H30BiO3S3+3. The summed E-state index contributed by atoms with van der Waals surface area (Å²) in [5, 5.41) is 0.